The molecule has 0 spiro atoms. The van der Waals surface area contributed by atoms with Crippen molar-refractivity contribution in [2.45, 2.75) is 0 Å². The van der Waals surface area contributed by atoms with Gasteiger partial charge in [0.15, 0.2) is 0 Å². The summed E-state index contributed by atoms with van der Waals surface area (Å²) < 4.78 is 0. The van der Waals surface area contributed by atoms with Gasteiger partial charge in [0, 0.05) is 32.7 Å². The van der Waals surface area contributed by atoms with Crippen molar-refractivity contribution in [1.29, 1.82) is 0 Å². The molecule has 0 bridgehead atoms. The van der Waals surface area contributed by atoms with E-state index >= 15 is 0 Å². The lowest BCUT2D eigenvalue weighted by Gasteiger charge is -2.35. The molecule has 1 aliphatic rings. The van der Waals surface area contributed by atoms with Crippen molar-refractivity contribution >= 4 is 11.8 Å². The Morgan fingerprint density at radius 3 is 2.16 bits per heavy atom. The zero-order chi connectivity index (χ0) is 14.3. The fraction of sp³-hybridized carbons (Fsp3) is 0.692. The minimum atomic E-state index is 0.0848. The number of likely N-dealkylation sites (N-methyl/N-ethyl adjacent to an activating group) is 1. The molecule has 0 unspecified atom stereocenters. The van der Waals surface area contributed by atoms with Crippen LogP contribution in [0, 0.1) is 0 Å². The van der Waals surface area contributed by atoms with Crippen molar-refractivity contribution in [3.8, 4) is 0 Å². The Bertz CT molecular complexity index is 323. The molecule has 1 saturated heterocycles. The van der Waals surface area contributed by atoms with Crippen LogP contribution in [0.2, 0.25) is 0 Å². The summed E-state index contributed by atoms with van der Waals surface area (Å²) in [7, 11) is 3.76. The molecule has 1 rings (SSSR count). The highest BCUT2D eigenvalue weighted by Crippen LogP contribution is 2.02. The fourth-order valence-electron chi connectivity index (χ4n) is 1.97. The molecule has 0 atom stereocenters. The Morgan fingerprint density at radius 2 is 1.68 bits per heavy atom. The zero-order valence-electron chi connectivity index (χ0n) is 11.9. The topological polar surface area (TPSA) is 55.9 Å². The number of rotatable bonds is 6. The first-order valence-electron chi connectivity index (χ1n) is 6.56. The van der Waals surface area contributed by atoms with Crippen LogP contribution in [0.3, 0.4) is 0 Å². The van der Waals surface area contributed by atoms with E-state index in [1.807, 2.05) is 23.9 Å². The summed E-state index contributed by atoms with van der Waals surface area (Å²) >= 11 is 0. The number of hydrogen-bond donors (Lipinski definition) is 1. The number of nitrogens with one attached hydrogen (secondary N) is 1. The number of nitrogens with zero attached hydrogens (tertiary/aromatic N) is 3. The second-order valence-electron chi connectivity index (χ2n) is 4.92. The maximum atomic E-state index is 11.9. The molecule has 6 heteroatoms. The van der Waals surface area contributed by atoms with Crippen molar-refractivity contribution in [2.24, 2.45) is 0 Å². The Kier molecular flexibility index (Phi) is 6.52. The van der Waals surface area contributed by atoms with Gasteiger partial charge in [-0.3, -0.25) is 9.59 Å². The van der Waals surface area contributed by atoms with Crippen LogP contribution in [0.5, 0.6) is 0 Å². The van der Waals surface area contributed by atoms with Crippen molar-refractivity contribution in [3.63, 3.8) is 0 Å². The molecule has 0 aromatic rings. The molecule has 2 amide bonds. The maximum Gasteiger partial charge on any atom is 0.236 e. The van der Waals surface area contributed by atoms with Gasteiger partial charge in [-0.2, -0.15) is 0 Å². The van der Waals surface area contributed by atoms with Gasteiger partial charge >= 0.3 is 0 Å². The maximum absolute atomic E-state index is 11.9. The minimum Gasteiger partial charge on any atom is -0.338 e. The largest absolute Gasteiger partial charge is 0.338 e. The molecule has 1 N–H and O–H groups in total. The molecule has 0 saturated carbocycles. The van der Waals surface area contributed by atoms with Gasteiger partial charge in [0.05, 0.1) is 13.1 Å². The number of carbonyl (C=O) groups excluding carboxylic acids is 2. The van der Waals surface area contributed by atoms with Crippen LogP contribution in [0.15, 0.2) is 12.7 Å². The summed E-state index contributed by atoms with van der Waals surface area (Å²) in [6, 6.07) is 0. The Hall–Kier alpha value is -1.40. The highest BCUT2D eigenvalue weighted by Gasteiger charge is 2.23. The molecule has 0 radical (unpaired) electrons. The van der Waals surface area contributed by atoms with Crippen molar-refractivity contribution in [1.82, 2.24) is 20.0 Å². The quantitative estimate of drug-likeness (QED) is 0.496. The molecule has 1 fully saturated rings. The number of carbonyl (C=O) groups is 2. The third-order valence-electron chi connectivity index (χ3n) is 3.00. The van der Waals surface area contributed by atoms with Crippen LogP contribution in [0.25, 0.3) is 0 Å². The summed E-state index contributed by atoms with van der Waals surface area (Å²) in [5.74, 6) is 0.212. The van der Waals surface area contributed by atoms with E-state index in [1.165, 1.54) is 0 Å². The molecule has 6 nitrogen and oxygen atoms in total. The van der Waals surface area contributed by atoms with E-state index in [0.717, 1.165) is 0 Å². The standard InChI is InChI=1S/C13H24N4O2/c1-4-5-14-10-12(18)16-6-8-17(9-7-16)13(19)11-15(2)3/h4,14H,1,5-11H2,2-3H3. The van der Waals surface area contributed by atoms with Crippen LogP contribution >= 0.6 is 0 Å². The van der Waals surface area contributed by atoms with E-state index < -0.39 is 0 Å². The van der Waals surface area contributed by atoms with Gasteiger partial charge in [0.25, 0.3) is 0 Å². The molecular formula is C13H24N4O2. The number of hydrogen-bond acceptors (Lipinski definition) is 4. The van der Waals surface area contributed by atoms with Crippen LogP contribution in [0.4, 0.5) is 0 Å². The van der Waals surface area contributed by atoms with Crippen LogP contribution in [0.1, 0.15) is 0 Å². The van der Waals surface area contributed by atoms with E-state index in [-0.39, 0.29) is 11.8 Å². The third kappa shape index (κ3) is 5.40. The first-order chi connectivity index (χ1) is 9.04. The Balaban J connectivity index is 2.30. The van der Waals surface area contributed by atoms with E-state index in [2.05, 4.69) is 11.9 Å². The van der Waals surface area contributed by atoms with Crippen molar-refractivity contribution in [2.75, 3.05) is 59.9 Å². The van der Waals surface area contributed by atoms with Gasteiger partial charge in [-0.05, 0) is 14.1 Å². The van der Waals surface area contributed by atoms with Gasteiger partial charge in [-0.15, -0.1) is 6.58 Å². The third-order valence-corrected chi connectivity index (χ3v) is 3.00. The van der Waals surface area contributed by atoms with Crippen molar-refractivity contribution in [3.05, 3.63) is 12.7 Å². The highest BCUT2D eigenvalue weighted by atomic mass is 16.2. The minimum absolute atomic E-state index is 0.0848. The molecule has 0 aromatic carbocycles. The van der Waals surface area contributed by atoms with Gasteiger partial charge < -0.3 is 20.0 Å². The SMILES string of the molecule is C=CCNCC(=O)N1CCN(C(=O)CN(C)C)CC1. The summed E-state index contributed by atoms with van der Waals surface area (Å²) in [5, 5.41) is 3.00. The van der Waals surface area contributed by atoms with Crippen molar-refractivity contribution < 1.29 is 9.59 Å². The Labute approximate surface area is 115 Å². The molecule has 108 valence electrons. The van der Waals surface area contributed by atoms with Gasteiger partial charge in [0.1, 0.15) is 0 Å². The second-order valence-corrected chi connectivity index (χ2v) is 4.92. The summed E-state index contributed by atoms with van der Waals surface area (Å²) in [6.45, 7) is 7.46. The predicted octanol–water partition coefficient (Wildman–Crippen LogP) is -1.01. The average Bonchev–Trinajstić information content (AvgIpc) is 2.38. The number of piperazine rings is 1. The molecule has 1 heterocycles. The lowest BCUT2D eigenvalue weighted by Crippen LogP contribution is -2.53. The summed E-state index contributed by atoms with van der Waals surface area (Å²) in [5.41, 5.74) is 0. The predicted molar refractivity (Wildman–Crippen MR) is 74.8 cm³/mol. The first kappa shape index (κ1) is 15.7. The second kappa shape index (κ2) is 7.91. The van der Waals surface area contributed by atoms with Crippen LogP contribution in [-0.4, -0.2) is 86.4 Å². The highest BCUT2D eigenvalue weighted by molar-refractivity contribution is 5.80. The monoisotopic (exact) mass is 268 g/mol. The van der Waals surface area contributed by atoms with E-state index in [0.29, 0.717) is 45.8 Å². The molecule has 0 aliphatic carbocycles. The van der Waals surface area contributed by atoms with E-state index in [9.17, 15) is 9.59 Å². The lowest BCUT2D eigenvalue weighted by molar-refractivity contribution is -0.139. The summed E-state index contributed by atoms with van der Waals surface area (Å²) in [6.07, 6.45) is 1.73. The molecule has 1 aliphatic heterocycles. The first-order valence-corrected chi connectivity index (χ1v) is 6.56. The smallest absolute Gasteiger partial charge is 0.236 e. The fourth-order valence-corrected chi connectivity index (χ4v) is 1.97. The van der Waals surface area contributed by atoms with Crippen LogP contribution < -0.4 is 5.32 Å². The zero-order valence-corrected chi connectivity index (χ0v) is 11.9. The number of amides is 2. The Morgan fingerprint density at radius 1 is 1.16 bits per heavy atom. The average molecular weight is 268 g/mol. The van der Waals surface area contributed by atoms with Crippen LogP contribution in [-0.2, 0) is 9.59 Å². The van der Waals surface area contributed by atoms with E-state index in [1.54, 1.807) is 11.0 Å². The lowest BCUT2D eigenvalue weighted by atomic mass is 10.3. The summed E-state index contributed by atoms with van der Waals surface area (Å²) in [4.78, 5) is 29.2. The van der Waals surface area contributed by atoms with Gasteiger partial charge in [0.2, 0.25) is 11.8 Å². The van der Waals surface area contributed by atoms with Gasteiger partial charge in [-0.1, -0.05) is 6.08 Å². The molecule has 0 aromatic heterocycles. The molecule has 19 heavy (non-hydrogen) atoms. The van der Waals surface area contributed by atoms with Gasteiger partial charge in [-0.25, -0.2) is 0 Å². The van der Waals surface area contributed by atoms with E-state index in [4.69, 9.17) is 0 Å². The molecular weight excluding hydrogens is 244 g/mol. The normalized spacial score (nSPS) is 15.7.